The Balaban J connectivity index is 2.01. The van der Waals surface area contributed by atoms with Crippen LogP contribution in [0, 0.1) is 11.8 Å². The molecule has 2 rings (SSSR count). The average Bonchev–Trinajstić information content (AvgIpc) is 2.70. The molecular weight excluding hydrogens is 444 g/mol. The fourth-order valence-electron chi connectivity index (χ4n) is 3.74. The zero-order valence-electron chi connectivity index (χ0n) is 22.7. The van der Waals surface area contributed by atoms with E-state index in [1.807, 2.05) is 37.3 Å². The Morgan fingerprint density at radius 2 is 1.71 bits per heavy atom. The third-order valence-electron chi connectivity index (χ3n) is 6.39. The van der Waals surface area contributed by atoms with Crippen LogP contribution in [0.15, 0.2) is 30.3 Å². The van der Waals surface area contributed by atoms with Crippen LogP contribution in [0.2, 0.25) is 18.1 Å². The molecular formula is C28H46O5Si. The molecule has 1 fully saturated rings. The second-order valence-electron chi connectivity index (χ2n) is 11.9. The van der Waals surface area contributed by atoms with Crippen LogP contribution in [0.1, 0.15) is 66.9 Å². The zero-order valence-corrected chi connectivity index (χ0v) is 23.7. The molecule has 1 heterocycles. The Morgan fingerprint density at radius 1 is 1.06 bits per heavy atom. The number of hydrogen-bond donors (Lipinski definition) is 1. The second-order valence-corrected chi connectivity index (χ2v) is 16.6. The molecule has 0 aliphatic carbocycles. The van der Waals surface area contributed by atoms with Crippen LogP contribution in [0.4, 0.5) is 0 Å². The summed E-state index contributed by atoms with van der Waals surface area (Å²) in [4.78, 5) is 0. The highest BCUT2D eigenvalue weighted by molar-refractivity contribution is 6.74. The predicted octanol–water partition coefficient (Wildman–Crippen LogP) is 5.71. The van der Waals surface area contributed by atoms with Crippen molar-refractivity contribution in [1.82, 2.24) is 0 Å². The summed E-state index contributed by atoms with van der Waals surface area (Å²) in [6.45, 7) is 20.1. The number of hydrogen-bond acceptors (Lipinski definition) is 5. The highest BCUT2D eigenvalue weighted by Crippen LogP contribution is 2.37. The van der Waals surface area contributed by atoms with Gasteiger partial charge in [-0.1, -0.05) is 62.9 Å². The standard InChI is InChI=1S/C28H46O5Si/c1-21(33-34(8,9)28(5,6)7)15-16-25(29)26-18-23(32-27(2,3)4)17-24(31-26)20-30-19-22-13-11-10-12-14-22/h10-14,21,23-26,29H,17-20H2,1-9H3/t21-,23+,24+,25+,26-/m1/s1. The topological polar surface area (TPSA) is 57.2 Å². The molecule has 0 bridgehead atoms. The lowest BCUT2D eigenvalue weighted by atomic mass is 9.96. The smallest absolute Gasteiger partial charge is 0.193 e. The molecule has 6 heteroatoms. The molecule has 34 heavy (non-hydrogen) atoms. The third-order valence-corrected chi connectivity index (χ3v) is 10.9. The first-order valence-electron chi connectivity index (χ1n) is 12.5. The summed E-state index contributed by atoms with van der Waals surface area (Å²) in [6.07, 6.45) is -0.445. The minimum Gasteiger partial charge on any atom is -0.404 e. The normalized spacial score (nSPS) is 23.6. The van der Waals surface area contributed by atoms with Crippen molar-refractivity contribution in [2.75, 3.05) is 6.61 Å². The molecule has 5 nitrogen and oxygen atoms in total. The van der Waals surface area contributed by atoms with Crippen molar-refractivity contribution in [3.05, 3.63) is 35.9 Å². The molecule has 0 amide bonds. The molecule has 0 unspecified atom stereocenters. The van der Waals surface area contributed by atoms with Gasteiger partial charge in [0, 0.05) is 12.8 Å². The lowest BCUT2D eigenvalue weighted by molar-refractivity contribution is -0.179. The van der Waals surface area contributed by atoms with Crippen LogP contribution in [-0.2, 0) is 25.2 Å². The number of aliphatic hydroxyl groups excluding tert-OH is 1. The van der Waals surface area contributed by atoms with Gasteiger partial charge >= 0.3 is 0 Å². The van der Waals surface area contributed by atoms with Crippen LogP contribution in [0.3, 0.4) is 0 Å². The molecule has 0 saturated carbocycles. The third kappa shape index (κ3) is 9.81. The summed E-state index contributed by atoms with van der Waals surface area (Å²) in [5.41, 5.74) is 0.850. The highest BCUT2D eigenvalue weighted by atomic mass is 28.4. The van der Waals surface area contributed by atoms with Crippen molar-refractivity contribution in [3.8, 4) is 11.8 Å². The lowest BCUT2D eigenvalue weighted by Crippen LogP contribution is -2.46. The van der Waals surface area contributed by atoms with E-state index in [0.29, 0.717) is 19.6 Å². The number of aliphatic hydroxyl groups is 1. The molecule has 192 valence electrons. The maximum Gasteiger partial charge on any atom is 0.193 e. The number of ether oxygens (including phenoxy) is 3. The molecule has 0 spiro atoms. The maximum absolute atomic E-state index is 10.9. The van der Waals surface area contributed by atoms with Gasteiger partial charge in [0.15, 0.2) is 8.32 Å². The van der Waals surface area contributed by atoms with Crippen LogP contribution in [-0.4, -0.2) is 56.2 Å². The van der Waals surface area contributed by atoms with Gasteiger partial charge in [-0.15, -0.1) is 0 Å². The van der Waals surface area contributed by atoms with Crippen LogP contribution in [0.5, 0.6) is 0 Å². The molecule has 1 aromatic carbocycles. The monoisotopic (exact) mass is 490 g/mol. The zero-order chi connectivity index (χ0) is 25.6. The highest BCUT2D eigenvalue weighted by Gasteiger charge is 2.38. The van der Waals surface area contributed by atoms with Gasteiger partial charge in [-0.3, -0.25) is 0 Å². The van der Waals surface area contributed by atoms with Crippen molar-refractivity contribution in [1.29, 1.82) is 0 Å². The first-order valence-corrected chi connectivity index (χ1v) is 15.4. The van der Waals surface area contributed by atoms with E-state index in [0.717, 1.165) is 12.0 Å². The summed E-state index contributed by atoms with van der Waals surface area (Å²) in [5.74, 6) is 6.10. The largest absolute Gasteiger partial charge is 0.404 e. The fourth-order valence-corrected chi connectivity index (χ4v) is 5.04. The van der Waals surface area contributed by atoms with E-state index < -0.39 is 20.5 Å². The Hall–Kier alpha value is -1.20. The van der Waals surface area contributed by atoms with E-state index in [4.69, 9.17) is 18.6 Å². The van der Waals surface area contributed by atoms with Crippen molar-refractivity contribution in [2.45, 2.75) is 122 Å². The quantitative estimate of drug-likeness (QED) is 0.374. The van der Waals surface area contributed by atoms with Crippen molar-refractivity contribution < 1.29 is 23.7 Å². The Morgan fingerprint density at radius 3 is 2.29 bits per heavy atom. The van der Waals surface area contributed by atoms with Gasteiger partial charge in [0.25, 0.3) is 0 Å². The summed E-state index contributed by atoms with van der Waals surface area (Å²) < 4.78 is 24.7. The molecule has 1 saturated heterocycles. The van der Waals surface area contributed by atoms with E-state index in [-0.39, 0.29) is 29.0 Å². The van der Waals surface area contributed by atoms with Gasteiger partial charge < -0.3 is 23.7 Å². The van der Waals surface area contributed by atoms with Gasteiger partial charge in [-0.2, -0.15) is 0 Å². The average molecular weight is 491 g/mol. The van der Waals surface area contributed by atoms with Gasteiger partial charge in [0.2, 0.25) is 0 Å². The first-order chi connectivity index (χ1) is 15.7. The van der Waals surface area contributed by atoms with Gasteiger partial charge in [-0.05, 0) is 51.4 Å². The second kappa shape index (κ2) is 12.2. The van der Waals surface area contributed by atoms with Crippen LogP contribution in [0.25, 0.3) is 0 Å². The van der Waals surface area contributed by atoms with E-state index in [1.165, 1.54) is 0 Å². The number of rotatable bonds is 8. The summed E-state index contributed by atoms with van der Waals surface area (Å²) in [7, 11) is -1.92. The first kappa shape index (κ1) is 29.0. The van der Waals surface area contributed by atoms with E-state index in [9.17, 15) is 5.11 Å². The molecule has 0 radical (unpaired) electrons. The number of benzene rings is 1. The van der Waals surface area contributed by atoms with E-state index in [2.05, 4.69) is 66.5 Å². The lowest BCUT2D eigenvalue weighted by Gasteiger charge is -2.39. The summed E-state index contributed by atoms with van der Waals surface area (Å²) in [6, 6.07) is 10.1. The Labute approximate surface area is 208 Å². The SMILES string of the molecule is C[C@H](C#C[C@H](O)[C@H]1C[C@@H](OC(C)(C)C)C[C@@H](COCc2ccccc2)O1)O[Si](C)(C)C(C)(C)C. The predicted molar refractivity (Wildman–Crippen MR) is 140 cm³/mol. The molecule has 1 N–H and O–H groups in total. The minimum atomic E-state index is -1.92. The van der Waals surface area contributed by atoms with E-state index >= 15 is 0 Å². The Bertz CT molecular complexity index is 800. The summed E-state index contributed by atoms with van der Waals surface area (Å²) in [5, 5.41) is 11.0. The molecule has 1 aliphatic heterocycles. The van der Waals surface area contributed by atoms with Gasteiger partial charge in [0.1, 0.15) is 12.2 Å². The molecule has 1 aliphatic rings. The molecule has 1 aromatic rings. The fraction of sp³-hybridized carbons (Fsp3) is 0.714. The van der Waals surface area contributed by atoms with Crippen molar-refractivity contribution in [2.24, 2.45) is 0 Å². The molecule has 5 atom stereocenters. The van der Waals surface area contributed by atoms with Gasteiger partial charge in [0.05, 0.1) is 37.1 Å². The van der Waals surface area contributed by atoms with Crippen LogP contribution >= 0.6 is 0 Å². The molecule has 0 aromatic heterocycles. The Kier molecular flexibility index (Phi) is 10.4. The van der Waals surface area contributed by atoms with Gasteiger partial charge in [-0.25, -0.2) is 0 Å². The summed E-state index contributed by atoms with van der Waals surface area (Å²) >= 11 is 0. The van der Waals surface area contributed by atoms with E-state index in [1.54, 1.807) is 0 Å². The van der Waals surface area contributed by atoms with Crippen molar-refractivity contribution >= 4 is 8.32 Å². The minimum absolute atomic E-state index is 0.0265. The van der Waals surface area contributed by atoms with Crippen LogP contribution < -0.4 is 0 Å². The van der Waals surface area contributed by atoms with Crippen molar-refractivity contribution in [3.63, 3.8) is 0 Å². The maximum atomic E-state index is 10.9.